The molecule has 2 aromatic rings. The van der Waals surface area contributed by atoms with E-state index in [-0.39, 0.29) is 18.0 Å². The average molecular weight is 430 g/mol. The molecular formula is C18H29ClN5O3P. The molecule has 3 rings (SSSR count). The van der Waals surface area contributed by atoms with Crippen molar-refractivity contribution < 1.29 is 14.6 Å². The largest absolute Gasteiger partial charge is 0.476 e. The summed E-state index contributed by atoms with van der Waals surface area (Å²) in [5.41, 5.74) is 6.82. The van der Waals surface area contributed by atoms with Crippen molar-refractivity contribution in [2.24, 2.45) is 5.92 Å². The summed E-state index contributed by atoms with van der Waals surface area (Å²) in [5, 5.41) is 10.1. The molecule has 0 bridgehead atoms. The number of fused-ring (bicyclic) bond motifs is 1. The van der Waals surface area contributed by atoms with Gasteiger partial charge in [-0.25, -0.2) is 4.98 Å². The van der Waals surface area contributed by atoms with Gasteiger partial charge in [-0.2, -0.15) is 9.97 Å². The number of imidazole rings is 1. The van der Waals surface area contributed by atoms with Crippen molar-refractivity contribution in [3.63, 3.8) is 0 Å². The van der Waals surface area contributed by atoms with Crippen LogP contribution in [0, 0.1) is 5.92 Å². The lowest BCUT2D eigenvalue weighted by Gasteiger charge is -2.26. The summed E-state index contributed by atoms with van der Waals surface area (Å²) in [4.78, 5) is 12.8. The van der Waals surface area contributed by atoms with Crippen LogP contribution in [-0.4, -0.2) is 74.6 Å². The molecule has 1 aliphatic heterocycles. The lowest BCUT2D eigenvalue weighted by molar-refractivity contribution is -0.0392. The maximum Gasteiger partial charge on any atom is 0.247 e. The highest BCUT2D eigenvalue weighted by Gasteiger charge is 2.46. The molecule has 0 amide bonds. The fourth-order valence-electron chi connectivity index (χ4n) is 3.63. The van der Waals surface area contributed by atoms with E-state index in [1.165, 1.54) is 0 Å². The van der Waals surface area contributed by atoms with E-state index in [9.17, 15) is 5.11 Å². The predicted molar refractivity (Wildman–Crippen MR) is 115 cm³/mol. The van der Waals surface area contributed by atoms with Gasteiger partial charge in [0, 0.05) is 0 Å². The van der Waals surface area contributed by atoms with Crippen LogP contribution in [0.4, 0.5) is 5.95 Å². The Morgan fingerprint density at radius 3 is 2.82 bits per heavy atom. The monoisotopic (exact) mass is 429 g/mol. The Kier molecular flexibility index (Phi) is 6.25. The van der Waals surface area contributed by atoms with Gasteiger partial charge in [-0.3, -0.25) is 4.57 Å². The lowest BCUT2D eigenvalue weighted by Crippen LogP contribution is -2.33. The molecule has 10 heteroatoms. The third-order valence-corrected chi connectivity index (χ3v) is 6.74. The Morgan fingerprint density at radius 1 is 1.46 bits per heavy atom. The van der Waals surface area contributed by atoms with Crippen molar-refractivity contribution in [3.8, 4) is 5.88 Å². The SMILES string of the molecule is C=P(C)(C)CC(C)[C@H]1O[C@@H](n2cnc3c(OCCC)nc(N)nc32)[C@H](Cl)[C@@H]1O. The quantitative estimate of drug-likeness (QED) is 0.513. The molecule has 1 aliphatic rings. The van der Waals surface area contributed by atoms with E-state index in [0.717, 1.165) is 12.6 Å². The van der Waals surface area contributed by atoms with E-state index >= 15 is 0 Å². The molecule has 1 saturated heterocycles. The Balaban J connectivity index is 1.92. The van der Waals surface area contributed by atoms with Crippen LogP contribution in [0.3, 0.4) is 0 Å². The molecular weight excluding hydrogens is 401 g/mol. The van der Waals surface area contributed by atoms with E-state index < -0.39 is 24.6 Å². The van der Waals surface area contributed by atoms with Crippen molar-refractivity contribution in [2.75, 3.05) is 31.8 Å². The Morgan fingerprint density at radius 2 is 2.18 bits per heavy atom. The number of anilines is 1. The molecule has 0 radical (unpaired) electrons. The van der Waals surface area contributed by atoms with Gasteiger partial charge < -0.3 is 20.3 Å². The number of aromatic nitrogens is 4. The van der Waals surface area contributed by atoms with Crippen molar-refractivity contribution in [1.82, 2.24) is 19.5 Å². The van der Waals surface area contributed by atoms with E-state index in [1.54, 1.807) is 10.9 Å². The van der Waals surface area contributed by atoms with Crippen molar-refractivity contribution in [3.05, 3.63) is 6.33 Å². The molecule has 5 atom stereocenters. The number of halogens is 1. The highest BCUT2D eigenvalue weighted by atomic mass is 35.5. The first-order valence-electron chi connectivity index (χ1n) is 9.40. The molecule has 3 N–H and O–H groups in total. The minimum absolute atomic E-state index is 0.0820. The fraction of sp³-hybridized carbons (Fsp3) is 0.667. The molecule has 0 spiro atoms. The predicted octanol–water partition coefficient (Wildman–Crippen LogP) is 2.41. The standard InChI is InChI=1S/C18H29ClN5O3P/c1-6-7-26-16-12-15(22-18(20)23-16)24(9-21-12)17-11(19)13(25)14(27-17)10(2)8-28(3,4)5/h9-11,13-14,17,25H,3,6-8H2,1-2,4-5H3,(H2,20,22,23)/t10?,11-,13+,14-,17-/m1/s1. The minimum atomic E-state index is -1.27. The highest BCUT2D eigenvalue weighted by molar-refractivity contribution is 7.72. The summed E-state index contributed by atoms with van der Waals surface area (Å²) in [6.45, 7) is 7.63. The van der Waals surface area contributed by atoms with Gasteiger partial charge in [-0.15, -0.1) is 24.8 Å². The second-order valence-corrected chi connectivity index (χ2v) is 12.8. The van der Waals surface area contributed by atoms with Crippen LogP contribution in [0.25, 0.3) is 11.2 Å². The fourth-order valence-corrected chi connectivity index (χ4v) is 5.72. The third kappa shape index (κ3) is 4.30. The number of hydrogen-bond donors (Lipinski definition) is 2. The summed E-state index contributed by atoms with van der Waals surface area (Å²) in [6.07, 6.45) is 5.76. The summed E-state index contributed by atoms with van der Waals surface area (Å²) in [7, 11) is 0. The van der Waals surface area contributed by atoms with Gasteiger partial charge in [0.1, 0.15) is 11.5 Å². The topological polar surface area (TPSA) is 108 Å². The molecule has 3 heterocycles. The van der Waals surface area contributed by atoms with Crippen LogP contribution in [0.2, 0.25) is 0 Å². The van der Waals surface area contributed by atoms with Gasteiger partial charge in [0.25, 0.3) is 0 Å². The van der Waals surface area contributed by atoms with Gasteiger partial charge in [0.2, 0.25) is 11.8 Å². The van der Waals surface area contributed by atoms with E-state index in [0.29, 0.717) is 23.7 Å². The van der Waals surface area contributed by atoms with E-state index in [2.05, 4.69) is 41.5 Å². The first-order valence-corrected chi connectivity index (χ1v) is 12.9. The molecule has 1 fully saturated rings. The number of rotatable bonds is 7. The zero-order valence-corrected chi connectivity index (χ0v) is 18.4. The van der Waals surface area contributed by atoms with Crippen LogP contribution in [-0.2, 0) is 4.74 Å². The summed E-state index contributed by atoms with van der Waals surface area (Å²) in [6, 6.07) is 0. The zero-order valence-electron chi connectivity index (χ0n) is 16.7. The van der Waals surface area contributed by atoms with Gasteiger partial charge in [-0.05, 0) is 31.8 Å². The summed E-state index contributed by atoms with van der Waals surface area (Å²) in [5.74, 6) is 0.542. The van der Waals surface area contributed by atoms with Crippen LogP contribution in [0.1, 0.15) is 26.5 Å². The zero-order chi connectivity index (χ0) is 20.6. The Labute approximate surface area is 170 Å². The second kappa shape index (κ2) is 8.19. The molecule has 28 heavy (non-hydrogen) atoms. The number of nitrogens with zero attached hydrogens (tertiary/aromatic N) is 4. The van der Waals surface area contributed by atoms with E-state index in [1.807, 2.05) is 6.92 Å². The molecule has 1 unspecified atom stereocenters. The molecule has 2 aromatic heterocycles. The van der Waals surface area contributed by atoms with Gasteiger partial charge in [0.05, 0.1) is 19.0 Å². The molecule has 0 saturated carbocycles. The Hall–Kier alpha value is -1.34. The highest BCUT2D eigenvalue weighted by Crippen LogP contribution is 2.44. The maximum atomic E-state index is 10.7. The number of nitrogens with two attached hydrogens (primary N) is 1. The average Bonchev–Trinajstić information content (AvgIpc) is 3.13. The van der Waals surface area contributed by atoms with Crippen LogP contribution in [0.15, 0.2) is 6.33 Å². The van der Waals surface area contributed by atoms with Gasteiger partial charge in [-0.1, -0.05) is 13.8 Å². The van der Waals surface area contributed by atoms with Crippen LogP contribution in [0.5, 0.6) is 5.88 Å². The third-order valence-electron chi connectivity index (χ3n) is 4.70. The molecule has 0 aromatic carbocycles. The number of alkyl halides is 1. The summed E-state index contributed by atoms with van der Waals surface area (Å²) >= 11 is 6.56. The van der Waals surface area contributed by atoms with Crippen LogP contribution < -0.4 is 10.5 Å². The van der Waals surface area contributed by atoms with E-state index in [4.69, 9.17) is 26.8 Å². The van der Waals surface area contributed by atoms with Gasteiger partial charge in [0.15, 0.2) is 17.4 Å². The number of ether oxygens (including phenoxy) is 2. The summed E-state index contributed by atoms with van der Waals surface area (Å²) < 4.78 is 13.5. The number of aliphatic hydroxyl groups excluding tert-OH is 1. The maximum absolute atomic E-state index is 10.7. The molecule has 8 nitrogen and oxygen atoms in total. The van der Waals surface area contributed by atoms with Gasteiger partial charge >= 0.3 is 0 Å². The first kappa shape index (κ1) is 21.4. The van der Waals surface area contributed by atoms with Crippen molar-refractivity contribution >= 4 is 41.9 Å². The Bertz CT molecular complexity index is 885. The number of aliphatic hydroxyl groups is 1. The second-order valence-electron chi connectivity index (χ2n) is 8.08. The normalized spacial score (nSPS) is 26.6. The minimum Gasteiger partial charge on any atom is -0.476 e. The van der Waals surface area contributed by atoms with Crippen molar-refractivity contribution in [1.29, 1.82) is 0 Å². The smallest absolute Gasteiger partial charge is 0.247 e. The molecule has 156 valence electrons. The van der Waals surface area contributed by atoms with Crippen molar-refractivity contribution in [2.45, 2.75) is 44.1 Å². The number of nitrogen functional groups attached to an aromatic ring is 1. The number of hydrogen-bond acceptors (Lipinski definition) is 7. The first-order chi connectivity index (χ1) is 13.1. The lowest BCUT2D eigenvalue weighted by atomic mass is 10.0. The molecule has 0 aliphatic carbocycles. The van der Waals surface area contributed by atoms with Crippen LogP contribution >= 0.6 is 18.5 Å².